The smallest absolute Gasteiger partial charge is 0.369 e. The van der Waals surface area contributed by atoms with Crippen LogP contribution in [0.4, 0.5) is 24.8 Å². The van der Waals surface area contributed by atoms with Gasteiger partial charge in [-0.2, -0.15) is 13.2 Å². The van der Waals surface area contributed by atoms with Crippen molar-refractivity contribution in [2.45, 2.75) is 63.5 Å². The second kappa shape index (κ2) is 9.11. The van der Waals surface area contributed by atoms with E-state index in [0.717, 1.165) is 59.0 Å². The SMILES string of the molecule is Cc1cc(Nc2nccc(C(F)(F)F)n2)cc(-c2cnc(C(CC(=O)C3(C(N)=O)CC3)(C3CC3)C3CC3)s2)c1. The van der Waals surface area contributed by atoms with Gasteiger partial charge < -0.3 is 11.1 Å². The molecule has 2 heterocycles. The van der Waals surface area contributed by atoms with Gasteiger partial charge in [0.15, 0.2) is 0 Å². The van der Waals surface area contributed by atoms with Gasteiger partial charge in [-0.25, -0.2) is 15.0 Å². The van der Waals surface area contributed by atoms with E-state index in [1.165, 1.54) is 0 Å². The first-order valence-electron chi connectivity index (χ1n) is 13.1. The first kappa shape index (κ1) is 25.9. The van der Waals surface area contributed by atoms with Gasteiger partial charge in [0.25, 0.3) is 0 Å². The molecule has 3 aromatic rings. The normalized spacial score (nSPS) is 18.6. The summed E-state index contributed by atoms with van der Waals surface area (Å²) in [5, 5.41) is 3.82. The van der Waals surface area contributed by atoms with Gasteiger partial charge in [0, 0.05) is 29.9 Å². The lowest BCUT2D eigenvalue weighted by molar-refractivity contribution is -0.141. The van der Waals surface area contributed by atoms with Gasteiger partial charge in [-0.15, -0.1) is 11.3 Å². The molecule has 0 spiro atoms. The Labute approximate surface area is 227 Å². The van der Waals surface area contributed by atoms with Crippen LogP contribution in [0, 0.1) is 24.2 Å². The maximum Gasteiger partial charge on any atom is 0.433 e. The van der Waals surface area contributed by atoms with Gasteiger partial charge >= 0.3 is 6.18 Å². The number of anilines is 2. The summed E-state index contributed by atoms with van der Waals surface area (Å²) in [6.07, 6.45) is 3.84. The summed E-state index contributed by atoms with van der Waals surface area (Å²) in [5.74, 6) is 0.0229. The number of primary amides is 1. The van der Waals surface area contributed by atoms with Gasteiger partial charge in [-0.3, -0.25) is 9.59 Å². The number of hydrogen-bond acceptors (Lipinski definition) is 7. The summed E-state index contributed by atoms with van der Waals surface area (Å²) in [6.45, 7) is 1.90. The average molecular weight is 556 g/mol. The predicted octanol–water partition coefficient (Wildman–Crippen LogP) is 5.95. The highest BCUT2D eigenvalue weighted by Crippen LogP contribution is 2.63. The molecule has 6 rings (SSSR count). The molecule has 3 aliphatic rings. The van der Waals surface area contributed by atoms with E-state index in [1.54, 1.807) is 11.3 Å². The van der Waals surface area contributed by atoms with Crippen molar-refractivity contribution in [3.8, 4) is 10.4 Å². The van der Waals surface area contributed by atoms with Crippen molar-refractivity contribution >= 4 is 34.7 Å². The van der Waals surface area contributed by atoms with Crippen LogP contribution in [0.5, 0.6) is 0 Å². The largest absolute Gasteiger partial charge is 0.433 e. The number of ketones is 1. The third kappa shape index (κ3) is 4.81. The highest BCUT2D eigenvalue weighted by atomic mass is 32.1. The van der Waals surface area contributed by atoms with E-state index in [1.807, 2.05) is 31.3 Å². The Bertz CT molecular complexity index is 1450. The second-order valence-corrected chi connectivity index (χ2v) is 12.2. The van der Waals surface area contributed by atoms with E-state index < -0.39 is 23.2 Å². The molecule has 2 aromatic heterocycles. The molecule has 3 saturated carbocycles. The van der Waals surface area contributed by atoms with Crippen LogP contribution in [0.2, 0.25) is 0 Å². The van der Waals surface area contributed by atoms with E-state index in [9.17, 15) is 22.8 Å². The van der Waals surface area contributed by atoms with E-state index >= 15 is 0 Å². The van der Waals surface area contributed by atoms with Crippen LogP contribution in [-0.4, -0.2) is 26.6 Å². The van der Waals surface area contributed by atoms with Crippen LogP contribution in [0.25, 0.3) is 10.4 Å². The number of nitrogens with one attached hydrogen (secondary N) is 1. The van der Waals surface area contributed by atoms with Crippen molar-refractivity contribution in [3.63, 3.8) is 0 Å². The average Bonchev–Trinajstić information content (AvgIpc) is 3.73. The fourth-order valence-corrected chi connectivity index (χ4v) is 7.04. The molecule has 39 heavy (non-hydrogen) atoms. The zero-order valence-electron chi connectivity index (χ0n) is 21.3. The molecule has 1 aromatic carbocycles. The summed E-state index contributed by atoms with van der Waals surface area (Å²) < 4.78 is 39.3. The quantitative estimate of drug-likeness (QED) is 0.299. The minimum atomic E-state index is -4.57. The number of alkyl halides is 3. The van der Waals surface area contributed by atoms with Crippen molar-refractivity contribution < 1.29 is 22.8 Å². The number of halogens is 3. The zero-order valence-corrected chi connectivity index (χ0v) is 22.2. The summed E-state index contributed by atoms with van der Waals surface area (Å²) >= 11 is 1.55. The molecule has 11 heteroatoms. The third-order valence-corrected chi connectivity index (χ3v) is 9.53. The Hall–Kier alpha value is -3.34. The number of rotatable bonds is 10. The molecule has 3 N–H and O–H groups in total. The molecular formula is C28H28F3N5O2S. The lowest BCUT2D eigenvalue weighted by atomic mass is 9.72. The molecule has 0 atom stereocenters. The first-order valence-corrected chi connectivity index (χ1v) is 13.9. The van der Waals surface area contributed by atoms with Gasteiger partial charge in [-0.1, -0.05) is 6.07 Å². The Kier molecular flexibility index (Phi) is 6.05. The molecular weight excluding hydrogens is 527 g/mol. The molecule has 3 aliphatic carbocycles. The summed E-state index contributed by atoms with van der Waals surface area (Å²) in [5.41, 5.74) is 5.55. The fourth-order valence-electron chi connectivity index (χ4n) is 5.79. The highest BCUT2D eigenvalue weighted by Gasteiger charge is 2.62. The topological polar surface area (TPSA) is 111 Å². The number of thiazole rings is 1. The summed E-state index contributed by atoms with van der Waals surface area (Å²) in [7, 11) is 0. The Morgan fingerprint density at radius 3 is 2.38 bits per heavy atom. The number of amides is 1. The van der Waals surface area contributed by atoms with Gasteiger partial charge in [-0.05, 0) is 86.6 Å². The standard InChI is InChI=1S/C28H28F3N5O2S/c1-15-10-16(12-19(11-15)35-25-33-9-6-21(36-25)28(29,30)31)20-14-34-24(39-20)27(17-2-3-17,18-4-5-18)13-22(37)26(7-8-26)23(32)38/h6,9-12,14,17-18H,2-5,7-8,13H2,1H3,(H2,32,38)(H,33,35,36). The van der Waals surface area contributed by atoms with Crippen molar-refractivity contribution in [2.75, 3.05) is 5.32 Å². The zero-order chi connectivity index (χ0) is 27.6. The lowest BCUT2D eigenvalue weighted by Gasteiger charge is -2.33. The first-order chi connectivity index (χ1) is 18.5. The van der Waals surface area contributed by atoms with Crippen molar-refractivity contribution in [1.29, 1.82) is 0 Å². The Balaban J connectivity index is 1.30. The minimum absolute atomic E-state index is 0.0475. The maximum atomic E-state index is 13.4. The number of aryl methyl sites for hydroxylation is 1. The van der Waals surface area contributed by atoms with E-state index in [2.05, 4.69) is 15.3 Å². The number of carbonyl (C=O) groups is 2. The van der Waals surface area contributed by atoms with Crippen LogP contribution in [0.1, 0.15) is 61.2 Å². The molecule has 3 fully saturated rings. The Morgan fingerprint density at radius 1 is 1.10 bits per heavy atom. The number of nitrogens with zero attached hydrogens (tertiary/aromatic N) is 3. The Morgan fingerprint density at radius 2 is 1.79 bits per heavy atom. The van der Waals surface area contributed by atoms with E-state index in [-0.39, 0.29) is 17.1 Å². The number of Topliss-reactive ketones (excluding diaryl/α,β-unsaturated/α-hetero) is 1. The van der Waals surface area contributed by atoms with Crippen molar-refractivity contribution in [3.05, 3.63) is 52.9 Å². The monoisotopic (exact) mass is 555 g/mol. The molecule has 0 bridgehead atoms. The molecule has 0 saturated heterocycles. The molecule has 0 aliphatic heterocycles. The molecule has 0 radical (unpaired) electrons. The molecule has 204 valence electrons. The van der Waals surface area contributed by atoms with Gasteiger partial charge in [0.2, 0.25) is 11.9 Å². The van der Waals surface area contributed by atoms with Crippen molar-refractivity contribution in [2.24, 2.45) is 23.0 Å². The lowest BCUT2D eigenvalue weighted by Crippen LogP contribution is -2.40. The molecule has 1 amide bonds. The van der Waals surface area contributed by atoms with Gasteiger partial charge in [0.05, 0.1) is 4.88 Å². The number of hydrogen-bond donors (Lipinski definition) is 2. The van der Waals surface area contributed by atoms with Crippen LogP contribution >= 0.6 is 11.3 Å². The number of carbonyl (C=O) groups excluding carboxylic acids is 2. The summed E-state index contributed by atoms with van der Waals surface area (Å²) in [6, 6.07) is 6.46. The third-order valence-electron chi connectivity index (χ3n) is 8.29. The molecule has 0 unspecified atom stereocenters. The number of benzene rings is 1. The van der Waals surface area contributed by atoms with Crippen molar-refractivity contribution in [1.82, 2.24) is 15.0 Å². The van der Waals surface area contributed by atoms with E-state index in [0.29, 0.717) is 36.8 Å². The predicted molar refractivity (Wildman–Crippen MR) is 140 cm³/mol. The highest BCUT2D eigenvalue weighted by molar-refractivity contribution is 7.15. The van der Waals surface area contributed by atoms with Crippen LogP contribution in [0.3, 0.4) is 0 Å². The summed E-state index contributed by atoms with van der Waals surface area (Å²) in [4.78, 5) is 38.8. The number of nitrogens with two attached hydrogens (primary N) is 1. The number of aromatic nitrogens is 3. The maximum absolute atomic E-state index is 13.4. The second-order valence-electron chi connectivity index (χ2n) is 11.1. The van der Waals surface area contributed by atoms with E-state index in [4.69, 9.17) is 10.7 Å². The molecule has 7 nitrogen and oxygen atoms in total. The van der Waals surface area contributed by atoms with Gasteiger partial charge in [0.1, 0.15) is 21.9 Å². The van der Waals surface area contributed by atoms with Crippen LogP contribution in [-0.2, 0) is 21.2 Å². The van der Waals surface area contributed by atoms with Crippen LogP contribution < -0.4 is 11.1 Å². The minimum Gasteiger partial charge on any atom is -0.369 e. The van der Waals surface area contributed by atoms with Crippen LogP contribution in [0.15, 0.2) is 36.7 Å². The fraction of sp³-hybridized carbons (Fsp3) is 0.464.